The molecule has 6 nitrogen and oxygen atoms in total. The molecule has 25 heavy (non-hydrogen) atoms. The van der Waals surface area contributed by atoms with Gasteiger partial charge in [0, 0.05) is 6.42 Å². The lowest BCUT2D eigenvalue weighted by Crippen LogP contribution is -2.27. The third kappa shape index (κ3) is 2.95. The number of hydrogen-bond donors (Lipinski definition) is 0. The maximum absolute atomic E-state index is 12.6. The van der Waals surface area contributed by atoms with E-state index in [4.69, 9.17) is 18.9 Å². The third-order valence-corrected chi connectivity index (χ3v) is 4.36. The molecular weight excluding hydrogens is 322 g/mol. The van der Waals surface area contributed by atoms with E-state index in [9.17, 15) is 5.21 Å². The van der Waals surface area contributed by atoms with Crippen molar-refractivity contribution in [2.24, 2.45) is 0 Å². The average Bonchev–Trinajstić information content (AvgIpc) is 2.66. The van der Waals surface area contributed by atoms with Gasteiger partial charge < -0.3 is 24.2 Å². The Morgan fingerprint density at radius 2 is 1.40 bits per heavy atom. The molecule has 0 radical (unpaired) electrons. The van der Waals surface area contributed by atoms with Crippen LogP contribution in [0.3, 0.4) is 0 Å². The van der Waals surface area contributed by atoms with Crippen LogP contribution in [0.15, 0.2) is 30.3 Å². The van der Waals surface area contributed by atoms with E-state index >= 15 is 0 Å². The topological polar surface area (TPSA) is 63.0 Å². The summed E-state index contributed by atoms with van der Waals surface area (Å²) in [6, 6.07) is 9.24. The molecule has 0 saturated carbocycles. The van der Waals surface area contributed by atoms with Gasteiger partial charge in [0.25, 0.3) is 0 Å². The largest absolute Gasteiger partial charge is 0.623 e. The van der Waals surface area contributed by atoms with Gasteiger partial charge in [-0.1, -0.05) is 0 Å². The summed E-state index contributed by atoms with van der Waals surface area (Å²) in [6.45, 7) is 0.381. The fourth-order valence-electron chi connectivity index (χ4n) is 3.10. The van der Waals surface area contributed by atoms with Gasteiger partial charge in [0.15, 0.2) is 29.5 Å². The predicted octanol–water partition coefficient (Wildman–Crippen LogP) is 2.62. The van der Waals surface area contributed by atoms with Gasteiger partial charge in [-0.25, -0.2) is 4.74 Å². The first-order chi connectivity index (χ1) is 12.1. The Balaban J connectivity index is 2.17. The summed E-state index contributed by atoms with van der Waals surface area (Å²) < 4.78 is 22.4. The number of hydroxylamine groups is 1. The highest BCUT2D eigenvalue weighted by Crippen LogP contribution is 2.35. The Kier molecular flexibility index (Phi) is 4.70. The normalized spacial score (nSPS) is 13.3. The predicted molar refractivity (Wildman–Crippen MR) is 94.5 cm³/mol. The summed E-state index contributed by atoms with van der Waals surface area (Å²) in [5, 5.41) is 12.6. The Morgan fingerprint density at radius 3 is 2.04 bits per heavy atom. The molecule has 0 atom stereocenters. The molecule has 1 aliphatic heterocycles. The minimum atomic E-state index is 0.381. The van der Waals surface area contributed by atoms with Gasteiger partial charge in [0.2, 0.25) is 5.71 Å². The van der Waals surface area contributed by atoms with Gasteiger partial charge in [0.1, 0.15) is 0 Å². The van der Waals surface area contributed by atoms with E-state index in [1.54, 1.807) is 34.5 Å². The quantitative estimate of drug-likeness (QED) is 0.617. The van der Waals surface area contributed by atoms with Crippen LogP contribution in [0.2, 0.25) is 0 Å². The second-order valence-corrected chi connectivity index (χ2v) is 5.63. The first kappa shape index (κ1) is 17.0. The third-order valence-electron chi connectivity index (χ3n) is 4.36. The van der Waals surface area contributed by atoms with Crippen molar-refractivity contribution in [3.63, 3.8) is 0 Å². The van der Waals surface area contributed by atoms with Gasteiger partial charge in [-0.2, -0.15) is 0 Å². The van der Waals surface area contributed by atoms with Crippen molar-refractivity contribution in [2.75, 3.05) is 35.0 Å². The van der Waals surface area contributed by atoms with Crippen LogP contribution in [-0.2, 0) is 6.42 Å². The van der Waals surface area contributed by atoms with Crippen molar-refractivity contribution in [3.05, 3.63) is 52.2 Å². The van der Waals surface area contributed by atoms with Gasteiger partial charge in [-0.3, -0.25) is 0 Å². The zero-order chi connectivity index (χ0) is 18.0. The van der Waals surface area contributed by atoms with Crippen LogP contribution in [0, 0.1) is 5.21 Å². The minimum Gasteiger partial charge on any atom is -0.623 e. The van der Waals surface area contributed by atoms with Crippen LogP contribution in [0.5, 0.6) is 23.0 Å². The maximum Gasteiger partial charge on any atom is 0.226 e. The van der Waals surface area contributed by atoms with Gasteiger partial charge in [0.05, 0.1) is 39.6 Å². The molecule has 0 aromatic heterocycles. The van der Waals surface area contributed by atoms with Crippen LogP contribution in [0.4, 0.5) is 0 Å². The first-order valence-corrected chi connectivity index (χ1v) is 7.92. The molecule has 0 fully saturated rings. The molecule has 0 bridgehead atoms. The number of hydrogen-bond acceptors (Lipinski definition) is 5. The summed E-state index contributed by atoms with van der Waals surface area (Å²) in [5.74, 6) is 2.45. The SMILES string of the molecule is COc1ccc(C2=[N+]([O-])CCc3cc(OC)c(OC)cc32)cc1OC. The molecule has 6 heteroatoms. The molecular formula is C19H21NO5. The van der Waals surface area contributed by atoms with Crippen LogP contribution in [0.25, 0.3) is 0 Å². The van der Waals surface area contributed by atoms with Crippen molar-refractivity contribution in [3.8, 4) is 23.0 Å². The molecule has 0 N–H and O–H groups in total. The number of rotatable bonds is 5. The number of ether oxygens (including phenoxy) is 4. The van der Waals surface area contributed by atoms with Gasteiger partial charge in [-0.15, -0.1) is 0 Å². The minimum absolute atomic E-state index is 0.381. The van der Waals surface area contributed by atoms with E-state index in [1.807, 2.05) is 24.3 Å². The molecule has 1 heterocycles. The summed E-state index contributed by atoms with van der Waals surface area (Å²) in [7, 11) is 6.34. The van der Waals surface area contributed by atoms with Crippen molar-refractivity contribution >= 4 is 5.71 Å². The number of methoxy groups -OCH3 is 4. The van der Waals surface area contributed by atoms with Crippen LogP contribution < -0.4 is 18.9 Å². The molecule has 2 aromatic carbocycles. The van der Waals surface area contributed by atoms with Crippen molar-refractivity contribution in [1.82, 2.24) is 0 Å². The molecule has 0 amide bonds. The second kappa shape index (κ2) is 6.93. The van der Waals surface area contributed by atoms with E-state index < -0.39 is 0 Å². The zero-order valence-corrected chi connectivity index (χ0v) is 14.8. The molecule has 0 aliphatic carbocycles. The molecule has 0 saturated heterocycles. The van der Waals surface area contributed by atoms with Crippen LogP contribution in [0.1, 0.15) is 16.7 Å². The van der Waals surface area contributed by atoms with Gasteiger partial charge in [-0.05, 0) is 35.9 Å². The van der Waals surface area contributed by atoms with Crippen molar-refractivity contribution < 1.29 is 23.7 Å². The second-order valence-electron chi connectivity index (χ2n) is 5.63. The van der Waals surface area contributed by atoms with Crippen molar-refractivity contribution in [1.29, 1.82) is 0 Å². The van der Waals surface area contributed by atoms with Crippen molar-refractivity contribution in [2.45, 2.75) is 6.42 Å². The molecule has 3 rings (SSSR count). The maximum atomic E-state index is 12.6. The summed E-state index contributed by atoms with van der Waals surface area (Å²) in [4.78, 5) is 0. The number of benzene rings is 2. The summed E-state index contributed by atoms with van der Waals surface area (Å²) in [5.41, 5.74) is 3.24. The Morgan fingerprint density at radius 1 is 0.800 bits per heavy atom. The van der Waals surface area contributed by atoms with Crippen LogP contribution >= 0.6 is 0 Å². The van der Waals surface area contributed by atoms with Gasteiger partial charge >= 0.3 is 0 Å². The smallest absolute Gasteiger partial charge is 0.226 e. The number of nitrogens with zero attached hydrogens (tertiary/aromatic N) is 1. The molecule has 1 aliphatic rings. The molecule has 132 valence electrons. The lowest BCUT2D eigenvalue weighted by atomic mass is 9.92. The summed E-state index contributed by atoms with van der Waals surface area (Å²) >= 11 is 0. The Labute approximate surface area is 146 Å². The van der Waals surface area contributed by atoms with E-state index in [-0.39, 0.29) is 0 Å². The van der Waals surface area contributed by atoms with E-state index in [2.05, 4.69) is 0 Å². The fraction of sp³-hybridized carbons (Fsp3) is 0.316. The highest BCUT2D eigenvalue weighted by molar-refractivity contribution is 6.11. The highest BCUT2D eigenvalue weighted by atomic mass is 16.5. The fourth-order valence-corrected chi connectivity index (χ4v) is 3.10. The molecule has 0 unspecified atom stereocenters. The monoisotopic (exact) mass is 343 g/mol. The van der Waals surface area contributed by atoms with E-state index in [0.717, 1.165) is 21.4 Å². The average molecular weight is 343 g/mol. The summed E-state index contributed by atoms with van der Waals surface area (Å²) in [6.07, 6.45) is 0.649. The highest BCUT2D eigenvalue weighted by Gasteiger charge is 2.27. The lowest BCUT2D eigenvalue weighted by molar-refractivity contribution is -0.457. The Bertz CT molecular complexity index is 829. The van der Waals surface area contributed by atoms with E-state index in [0.29, 0.717) is 41.7 Å². The standard InChI is InChI=1S/C19H21NO5/c1-22-15-6-5-13(10-16(15)23-2)19-14-11-18(25-4)17(24-3)9-12(14)7-8-20(19)21/h5-6,9-11H,7-8H2,1-4H3. The van der Waals surface area contributed by atoms with E-state index in [1.165, 1.54) is 0 Å². The zero-order valence-electron chi connectivity index (χ0n) is 14.8. The molecule has 2 aromatic rings. The lowest BCUT2D eigenvalue weighted by Gasteiger charge is -2.21. The molecule has 0 spiro atoms. The van der Waals surface area contributed by atoms with Crippen LogP contribution in [-0.4, -0.2) is 45.4 Å². The Hall–Kier alpha value is -2.89. The first-order valence-electron chi connectivity index (χ1n) is 7.92. The number of fused-ring (bicyclic) bond motifs is 1.